The third-order valence-corrected chi connectivity index (χ3v) is 5.43. The number of hydrogen-bond acceptors (Lipinski definition) is 2. The first-order valence-corrected chi connectivity index (χ1v) is 8.83. The monoisotopic (exact) mass is 394 g/mol. The highest BCUT2D eigenvalue weighted by molar-refractivity contribution is 5.96. The lowest BCUT2D eigenvalue weighted by molar-refractivity contribution is -0.227. The molecule has 1 unspecified atom stereocenters. The maximum atomic E-state index is 13.4. The summed E-state index contributed by atoms with van der Waals surface area (Å²) in [6.45, 7) is 4.36. The lowest BCUT2D eigenvalue weighted by atomic mass is 9.86. The molecule has 1 N–H and O–H groups in total. The molecule has 2 heterocycles. The fourth-order valence-corrected chi connectivity index (χ4v) is 3.82. The van der Waals surface area contributed by atoms with Gasteiger partial charge in [0.1, 0.15) is 0 Å². The number of likely N-dealkylation sites (tertiary alicyclic amines) is 1. The van der Waals surface area contributed by atoms with Crippen LogP contribution in [0.15, 0.2) is 30.3 Å². The summed E-state index contributed by atoms with van der Waals surface area (Å²) in [6, 6.07) is 9.29. The van der Waals surface area contributed by atoms with Gasteiger partial charge in [-0.15, -0.1) is 0 Å². The minimum absolute atomic E-state index is 0.251. The highest BCUT2D eigenvalue weighted by Crippen LogP contribution is 2.46. The van der Waals surface area contributed by atoms with Crippen molar-refractivity contribution >= 4 is 11.9 Å². The van der Waals surface area contributed by atoms with E-state index < -0.39 is 36.4 Å². The second kappa shape index (κ2) is 6.68. The van der Waals surface area contributed by atoms with E-state index >= 15 is 0 Å². The molecule has 1 atom stereocenters. The molecule has 1 amide bonds. The lowest BCUT2D eigenvalue weighted by Gasteiger charge is -2.27. The van der Waals surface area contributed by atoms with E-state index in [1.165, 1.54) is 0 Å². The third-order valence-electron chi connectivity index (χ3n) is 5.43. The second-order valence-corrected chi connectivity index (χ2v) is 7.32. The number of carbonyl (C=O) groups is 2. The van der Waals surface area contributed by atoms with E-state index in [1.807, 2.05) is 42.7 Å². The summed E-state index contributed by atoms with van der Waals surface area (Å²) >= 11 is 0. The zero-order valence-electron chi connectivity index (χ0n) is 15.8. The molecular weight excluding hydrogens is 373 g/mol. The van der Waals surface area contributed by atoms with Crippen LogP contribution in [0.2, 0.25) is 0 Å². The summed E-state index contributed by atoms with van der Waals surface area (Å²) in [4.78, 5) is 25.3. The Labute approximate surface area is 160 Å². The van der Waals surface area contributed by atoms with Crippen molar-refractivity contribution in [2.45, 2.75) is 33.4 Å². The van der Waals surface area contributed by atoms with Crippen molar-refractivity contribution in [3.05, 3.63) is 52.8 Å². The van der Waals surface area contributed by atoms with Crippen LogP contribution in [0.5, 0.6) is 0 Å². The van der Waals surface area contributed by atoms with Gasteiger partial charge in [-0.05, 0) is 51.0 Å². The fraction of sp³-hybridized carbons (Fsp3) is 0.400. The van der Waals surface area contributed by atoms with Crippen molar-refractivity contribution in [1.82, 2.24) is 9.47 Å². The number of carboxylic acids is 1. The number of aliphatic carboxylic acids is 1. The largest absolute Gasteiger partial charge is 0.481 e. The molecule has 1 aromatic heterocycles. The molecule has 150 valence electrons. The number of benzene rings is 1. The number of alkyl halides is 3. The fourth-order valence-electron chi connectivity index (χ4n) is 3.82. The molecule has 0 spiro atoms. The van der Waals surface area contributed by atoms with Crippen molar-refractivity contribution in [2.24, 2.45) is 5.41 Å². The van der Waals surface area contributed by atoms with E-state index in [-0.39, 0.29) is 12.1 Å². The van der Waals surface area contributed by atoms with Gasteiger partial charge in [-0.2, -0.15) is 13.2 Å². The zero-order valence-corrected chi connectivity index (χ0v) is 15.8. The standard InChI is InChI=1S/C20H21F3N2O3/c1-12-5-4-6-15(9-12)25-13(2)10-16(14(25)3)17(26)24-8-7-19(11-24,18(27)28)20(21,22)23/h4-6,9-10H,7-8,11H2,1-3H3,(H,27,28). The Morgan fingerprint density at radius 2 is 1.82 bits per heavy atom. The minimum Gasteiger partial charge on any atom is -0.481 e. The van der Waals surface area contributed by atoms with Gasteiger partial charge in [-0.25, -0.2) is 0 Å². The molecule has 1 fully saturated rings. The summed E-state index contributed by atoms with van der Waals surface area (Å²) in [7, 11) is 0. The number of aryl methyl sites for hydroxylation is 2. The molecule has 1 aromatic carbocycles. The van der Waals surface area contributed by atoms with Crippen LogP contribution in [0.4, 0.5) is 13.2 Å². The number of nitrogens with zero attached hydrogens (tertiary/aromatic N) is 2. The van der Waals surface area contributed by atoms with Gasteiger partial charge in [-0.3, -0.25) is 9.59 Å². The molecule has 1 saturated heterocycles. The van der Waals surface area contributed by atoms with E-state index in [2.05, 4.69) is 0 Å². The molecule has 5 nitrogen and oxygen atoms in total. The van der Waals surface area contributed by atoms with Crippen LogP contribution in [0.1, 0.15) is 33.7 Å². The smallest absolute Gasteiger partial charge is 0.406 e. The van der Waals surface area contributed by atoms with Crippen molar-refractivity contribution in [3.63, 3.8) is 0 Å². The van der Waals surface area contributed by atoms with E-state index in [4.69, 9.17) is 0 Å². The number of aromatic nitrogens is 1. The first-order chi connectivity index (χ1) is 13.0. The van der Waals surface area contributed by atoms with Crippen molar-refractivity contribution in [1.29, 1.82) is 0 Å². The Morgan fingerprint density at radius 3 is 2.36 bits per heavy atom. The van der Waals surface area contributed by atoms with Crippen LogP contribution >= 0.6 is 0 Å². The maximum Gasteiger partial charge on any atom is 0.406 e. The van der Waals surface area contributed by atoms with E-state index in [1.54, 1.807) is 13.0 Å². The Bertz CT molecular complexity index is 949. The van der Waals surface area contributed by atoms with Gasteiger partial charge in [0, 0.05) is 30.2 Å². The van der Waals surface area contributed by atoms with Crippen LogP contribution < -0.4 is 0 Å². The molecule has 0 radical (unpaired) electrons. The number of halogens is 3. The predicted molar refractivity (Wildman–Crippen MR) is 96.6 cm³/mol. The molecule has 0 aliphatic carbocycles. The highest BCUT2D eigenvalue weighted by Gasteiger charge is 2.64. The zero-order chi connectivity index (χ0) is 20.9. The summed E-state index contributed by atoms with van der Waals surface area (Å²) in [6.07, 6.45) is -5.57. The predicted octanol–water partition coefficient (Wildman–Crippen LogP) is 3.88. The number of carbonyl (C=O) groups excluding carboxylic acids is 1. The summed E-state index contributed by atoms with van der Waals surface area (Å²) in [5, 5.41) is 9.18. The molecule has 1 aliphatic heterocycles. The number of hydrogen-bond donors (Lipinski definition) is 1. The molecule has 28 heavy (non-hydrogen) atoms. The maximum absolute atomic E-state index is 13.4. The molecule has 2 aromatic rings. The van der Waals surface area contributed by atoms with Gasteiger partial charge in [-0.1, -0.05) is 12.1 Å². The normalized spacial score (nSPS) is 19.9. The summed E-state index contributed by atoms with van der Waals surface area (Å²) in [5.74, 6) is -2.53. The van der Waals surface area contributed by atoms with Crippen LogP contribution in [0, 0.1) is 26.2 Å². The van der Waals surface area contributed by atoms with E-state index in [0.29, 0.717) is 5.69 Å². The second-order valence-electron chi connectivity index (χ2n) is 7.32. The molecular formula is C20H21F3N2O3. The molecule has 0 bridgehead atoms. The van der Waals surface area contributed by atoms with E-state index in [9.17, 15) is 27.9 Å². The summed E-state index contributed by atoms with van der Waals surface area (Å²) in [5.41, 5.74) is 0.630. The third kappa shape index (κ3) is 3.06. The lowest BCUT2D eigenvalue weighted by Crippen LogP contribution is -2.47. The molecule has 3 rings (SSSR count). The van der Waals surface area contributed by atoms with Gasteiger partial charge in [0.15, 0.2) is 5.41 Å². The van der Waals surface area contributed by atoms with Crippen molar-refractivity contribution in [2.75, 3.05) is 13.1 Å². The Hall–Kier alpha value is -2.77. The first kappa shape index (κ1) is 20.0. The number of carboxylic acid groups (broad SMARTS) is 1. The van der Waals surface area contributed by atoms with E-state index in [0.717, 1.165) is 21.8 Å². The quantitative estimate of drug-likeness (QED) is 0.859. The van der Waals surface area contributed by atoms with Crippen molar-refractivity contribution in [3.8, 4) is 5.69 Å². The average molecular weight is 394 g/mol. The number of amides is 1. The topological polar surface area (TPSA) is 62.5 Å². The van der Waals surface area contributed by atoms with Gasteiger partial charge in [0.05, 0.1) is 5.56 Å². The number of rotatable bonds is 3. The van der Waals surface area contributed by atoms with Crippen LogP contribution in [-0.4, -0.2) is 45.7 Å². The highest BCUT2D eigenvalue weighted by atomic mass is 19.4. The first-order valence-electron chi connectivity index (χ1n) is 8.83. The molecule has 1 aliphatic rings. The van der Waals surface area contributed by atoms with Gasteiger partial charge in [0.25, 0.3) is 5.91 Å². The van der Waals surface area contributed by atoms with Gasteiger partial charge in [0.2, 0.25) is 0 Å². The average Bonchev–Trinajstić information content (AvgIpc) is 3.17. The molecule has 8 heteroatoms. The van der Waals surface area contributed by atoms with Gasteiger partial charge < -0.3 is 14.6 Å². The Morgan fingerprint density at radius 1 is 1.14 bits per heavy atom. The molecule has 0 saturated carbocycles. The Kier molecular flexibility index (Phi) is 4.77. The minimum atomic E-state index is -4.92. The van der Waals surface area contributed by atoms with Crippen LogP contribution in [0.3, 0.4) is 0 Å². The van der Waals surface area contributed by atoms with Gasteiger partial charge >= 0.3 is 12.1 Å². The Balaban J connectivity index is 1.95. The van der Waals surface area contributed by atoms with Crippen LogP contribution in [-0.2, 0) is 4.79 Å². The summed E-state index contributed by atoms with van der Waals surface area (Å²) < 4.78 is 42.0. The van der Waals surface area contributed by atoms with Crippen LogP contribution in [0.25, 0.3) is 5.69 Å². The van der Waals surface area contributed by atoms with Crippen molar-refractivity contribution < 1.29 is 27.9 Å². The SMILES string of the molecule is Cc1cccc(-n2c(C)cc(C(=O)N3CCC(C(=O)O)(C(F)(F)F)C3)c2C)c1.